The maximum atomic E-state index is 12.8. The number of halogens is 1. The van der Waals surface area contributed by atoms with E-state index in [1.165, 1.54) is 7.05 Å². The number of nitrogens with one attached hydrogen (secondary N) is 1. The number of amidine groups is 1. The van der Waals surface area contributed by atoms with Gasteiger partial charge in [0.2, 0.25) is 0 Å². The number of likely N-dealkylation sites (N-methyl/N-ethyl adjacent to an activating group) is 1. The molecule has 132 valence electrons. The Morgan fingerprint density at radius 1 is 1.08 bits per heavy atom. The van der Waals surface area contributed by atoms with Crippen LogP contribution in [0.3, 0.4) is 0 Å². The van der Waals surface area contributed by atoms with Crippen molar-refractivity contribution in [3.05, 3.63) is 64.1 Å². The molecule has 0 bridgehead atoms. The van der Waals surface area contributed by atoms with Gasteiger partial charge in [-0.3, -0.25) is 14.6 Å². The molecule has 2 atom stereocenters. The number of carbonyl (C=O) groups is 2. The molecule has 2 heterocycles. The van der Waals surface area contributed by atoms with E-state index in [2.05, 4.69) is 26.2 Å². The maximum Gasteiger partial charge on any atom is 0.332 e. The van der Waals surface area contributed by atoms with Gasteiger partial charge in [-0.05, 0) is 25.1 Å². The molecule has 0 saturated carbocycles. The predicted molar refractivity (Wildman–Crippen MR) is 103 cm³/mol. The second-order valence-corrected chi connectivity index (χ2v) is 7.23. The monoisotopic (exact) mass is 412 g/mol. The van der Waals surface area contributed by atoms with Gasteiger partial charge >= 0.3 is 6.03 Å². The van der Waals surface area contributed by atoms with Crippen molar-refractivity contribution in [2.24, 2.45) is 4.99 Å². The van der Waals surface area contributed by atoms with E-state index in [9.17, 15) is 9.59 Å². The van der Waals surface area contributed by atoms with Gasteiger partial charge in [-0.2, -0.15) is 0 Å². The number of aryl methyl sites for hydroxylation is 1. The zero-order chi connectivity index (χ0) is 18.4. The van der Waals surface area contributed by atoms with Crippen LogP contribution in [0.5, 0.6) is 0 Å². The Morgan fingerprint density at radius 3 is 2.46 bits per heavy atom. The molecule has 26 heavy (non-hydrogen) atoms. The van der Waals surface area contributed by atoms with Gasteiger partial charge in [-0.25, -0.2) is 9.79 Å². The minimum atomic E-state index is -0.615. The van der Waals surface area contributed by atoms with Crippen molar-refractivity contribution >= 4 is 39.4 Å². The van der Waals surface area contributed by atoms with E-state index in [4.69, 9.17) is 0 Å². The van der Waals surface area contributed by atoms with E-state index in [0.717, 1.165) is 20.5 Å². The lowest BCUT2D eigenvalue weighted by atomic mass is 10.1. The maximum absolute atomic E-state index is 12.8. The SMILES string of the molecule is Cc1ccc(N2C(=O)N(C)C(=O)C3NC(c4ccccc4Br)=NC32)cc1. The number of amides is 3. The molecular weight excluding hydrogens is 396 g/mol. The van der Waals surface area contributed by atoms with Gasteiger partial charge in [-0.1, -0.05) is 51.8 Å². The molecule has 2 unspecified atom stereocenters. The zero-order valence-electron chi connectivity index (χ0n) is 14.3. The first-order chi connectivity index (χ1) is 12.5. The van der Waals surface area contributed by atoms with Gasteiger partial charge in [0.05, 0.1) is 0 Å². The molecule has 2 aliphatic rings. The van der Waals surface area contributed by atoms with Gasteiger partial charge in [0, 0.05) is 22.8 Å². The average Bonchev–Trinajstić information content (AvgIpc) is 3.07. The summed E-state index contributed by atoms with van der Waals surface area (Å²) >= 11 is 3.52. The van der Waals surface area contributed by atoms with Gasteiger partial charge in [0.1, 0.15) is 11.9 Å². The number of urea groups is 1. The summed E-state index contributed by atoms with van der Waals surface area (Å²) in [6.45, 7) is 1.99. The molecular formula is C19H17BrN4O2. The highest BCUT2D eigenvalue weighted by Gasteiger charge is 2.49. The van der Waals surface area contributed by atoms with Crippen molar-refractivity contribution in [3.8, 4) is 0 Å². The van der Waals surface area contributed by atoms with Crippen LogP contribution >= 0.6 is 15.9 Å². The van der Waals surface area contributed by atoms with Gasteiger partial charge in [0.15, 0.2) is 6.17 Å². The van der Waals surface area contributed by atoms with Crippen molar-refractivity contribution in [1.29, 1.82) is 0 Å². The molecule has 7 heteroatoms. The number of fused-ring (bicyclic) bond motifs is 1. The molecule has 2 aromatic rings. The van der Waals surface area contributed by atoms with Crippen LogP contribution in [0.25, 0.3) is 0 Å². The third-order valence-electron chi connectivity index (χ3n) is 4.65. The van der Waals surface area contributed by atoms with Crippen molar-refractivity contribution in [3.63, 3.8) is 0 Å². The van der Waals surface area contributed by atoms with E-state index in [1.54, 1.807) is 4.90 Å². The molecule has 1 saturated heterocycles. The van der Waals surface area contributed by atoms with Crippen LogP contribution in [0, 0.1) is 6.92 Å². The first-order valence-corrected chi connectivity index (χ1v) is 9.03. The minimum Gasteiger partial charge on any atom is -0.355 e. The fraction of sp³-hybridized carbons (Fsp3) is 0.211. The molecule has 2 aliphatic heterocycles. The third kappa shape index (κ3) is 2.59. The summed E-state index contributed by atoms with van der Waals surface area (Å²) in [5.74, 6) is 0.315. The summed E-state index contributed by atoms with van der Waals surface area (Å²) < 4.78 is 0.874. The van der Waals surface area contributed by atoms with E-state index in [-0.39, 0.29) is 11.9 Å². The van der Waals surface area contributed by atoms with Crippen LogP contribution in [0.15, 0.2) is 58.0 Å². The van der Waals surface area contributed by atoms with Crippen LogP contribution in [-0.4, -0.2) is 41.9 Å². The van der Waals surface area contributed by atoms with Gasteiger partial charge in [-0.15, -0.1) is 0 Å². The van der Waals surface area contributed by atoms with Crippen LogP contribution in [0.2, 0.25) is 0 Å². The summed E-state index contributed by atoms with van der Waals surface area (Å²) in [6.07, 6.45) is -0.615. The average molecular weight is 413 g/mol. The van der Waals surface area contributed by atoms with E-state index >= 15 is 0 Å². The lowest BCUT2D eigenvalue weighted by Crippen LogP contribution is -2.64. The molecule has 0 aromatic heterocycles. The van der Waals surface area contributed by atoms with E-state index in [1.807, 2.05) is 55.5 Å². The highest BCUT2D eigenvalue weighted by molar-refractivity contribution is 9.10. The zero-order valence-corrected chi connectivity index (χ0v) is 15.9. The summed E-state index contributed by atoms with van der Waals surface area (Å²) in [5.41, 5.74) is 2.67. The third-order valence-corrected chi connectivity index (χ3v) is 5.34. The van der Waals surface area contributed by atoms with Crippen LogP contribution in [0.1, 0.15) is 11.1 Å². The highest BCUT2D eigenvalue weighted by atomic mass is 79.9. The fourth-order valence-corrected chi connectivity index (χ4v) is 3.68. The summed E-state index contributed by atoms with van der Waals surface area (Å²) in [7, 11) is 1.50. The molecule has 0 radical (unpaired) electrons. The number of aliphatic imine (C=N–C) groups is 1. The quantitative estimate of drug-likeness (QED) is 0.824. The smallest absolute Gasteiger partial charge is 0.332 e. The largest absolute Gasteiger partial charge is 0.355 e. The van der Waals surface area contributed by atoms with Crippen LogP contribution in [-0.2, 0) is 4.79 Å². The molecule has 4 rings (SSSR count). The standard InChI is InChI=1S/C19H17BrN4O2/c1-11-7-9-12(10-8-11)24-17-15(18(25)23(2)19(24)26)21-16(22-17)13-5-3-4-6-14(13)20/h3-10,15,17H,1-2H3,(H,21,22). The Hall–Kier alpha value is -2.67. The molecule has 0 spiro atoms. The number of carbonyl (C=O) groups excluding carboxylic acids is 2. The number of hydrogen-bond acceptors (Lipinski definition) is 4. The Kier molecular flexibility index (Phi) is 4.03. The normalized spacial score (nSPS) is 22.2. The first-order valence-electron chi connectivity index (χ1n) is 8.24. The van der Waals surface area contributed by atoms with E-state index < -0.39 is 12.2 Å². The topological polar surface area (TPSA) is 65.0 Å². The molecule has 3 amide bonds. The number of benzene rings is 2. The Balaban J connectivity index is 1.79. The first kappa shape index (κ1) is 16.8. The van der Waals surface area contributed by atoms with Crippen molar-refractivity contribution in [2.75, 3.05) is 11.9 Å². The highest BCUT2D eigenvalue weighted by Crippen LogP contribution is 2.30. The Morgan fingerprint density at radius 2 is 1.77 bits per heavy atom. The molecule has 1 fully saturated rings. The molecule has 0 aliphatic carbocycles. The van der Waals surface area contributed by atoms with Crippen LogP contribution in [0.4, 0.5) is 10.5 Å². The Bertz CT molecular complexity index is 925. The summed E-state index contributed by atoms with van der Waals surface area (Å²) in [6, 6.07) is 14.3. The molecule has 1 N–H and O–H groups in total. The van der Waals surface area contributed by atoms with Crippen molar-refractivity contribution in [2.45, 2.75) is 19.1 Å². The second-order valence-electron chi connectivity index (χ2n) is 6.38. The number of hydrogen-bond donors (Lipinski definition) is 1. The lowest BCUT2D eigenvalue weighted by molar-refractivity contribution is -0.130. The number of imide groups is 1. The Labute approximate surface area is 159 Å². The number of anilines is 1. The van der Waals surface area contributed by atoms with Gasteiger partial charge < -0.3 is 5.32 Å². The van der Waals surface area contributed by atoms with Crippen molar-refractivity contribution in [1.82, 2.24) is 10.2 Å². The van der Waals surface area contributed by atoms with Crippen LogP contribution < -0.4 is 10.2 Å². The van der Waals surface area contributed by atoms with Crippen molar-refractivity contribution < 1.29 is 9.59 Å². The fourth-order valence-electron chi connectivity index (χ4n) is 3.21. The minimum absolute atomic E-state index is 0.283. The number of rotatable bonds is 2. The lowest BCUT2D eigenvalue weighted by Gasteiger charge is -2.38. The number of nitrogens with zero attached hydrogens (tertiary/aromatic N) is 3. The second kappa shape index (κ2) is 6.25. The summed E-state index contributed by atoms with van der Waals surface area (Å²) in [5, 5.41) is 3.20. The summed E-state index contributed by atoms with van der Waals surface area (Å²) in [4.78, 5) is 32.8. The van der Waals surface area contributed by atoms with E-state index in [0.29, 0.717) is 11.5 Å². The molecule has 2 aromatic carbocycles. The predicted octanol–water partition coefficient (Wildman–Crippen LogP) is 2.90. The van der Waals surface area contributed by atoms with Gasteiger partial charge in [0.25, 0.3) is 5.91 Å². The molecule has 6 nitrogen and oxygen atoms in total.